The lowest BCUT2D eigenvalue weighted by Crippen LogP contribution is -2.38. The van der Waals surface area contributed by atoms with Crippen LogP contribution in [0.1, 0.15) is 54.9 Å². The second kappa shape index (κ2) is 11.5. The van der Waals surface area contributed by atoms with Crippen LogP contribution in [-0.2, 0) is 17.6 Å². The number of piperidine rings is 1. The molecule has 0 saturated carbocycles. The number of rotatable bonds is 6. The Bertz CT molecular complexity index is 1190. The number of benzene rings is 3. The summed E-state index contributed by atoms with van der Waals surface area (Å²) in [4.78, 5) is 15.1. The third-order valence-corrected chi connectivity index (χ3v) is 7.52. The highest BCUT2D eigenvalue weighted by molar-refractivity contribution is 14.0. The van der Waals surface area contributed by atoms with Crippen LogP contribution in [0, 0.1) is 0 Å². The summed E-state index contributed by atoms with van der Waals surface area (Å²) in [5.41, 5.74) is 14.8. The fraction of sp³-hybridized carbons (Fsp3) is 0.323. The molecule has 182 valence electrons. The van der Waals surface area contributed by atoms with E-state index in [1.54, 1.807) is 0 Å². The molecule has 1 aliphatic heterocycles. The molecule has 1 heterocycles. The van der Waals surface area contributed by atoms with E-state index < -0.39 is 0 Å². The number of nitrogens with two attached hydrogens (primary N) is 1. The van der Waals surface area contributed by atoms with Crippen LogP contribution in [0.25, 0.3) is 16.7 Å². The Morgan fingerprint density at radius 2 is 1.54 bits per heavy atom. The third kappa shape index (κ3) is 5.70. The Morgan fingerprint density at radius 3 is 2.23 bits per heavy atom. The Labute approximate surface area is 226 Å². The van der Waals surface area contributed by atoms with E-state index in [4.69, 9.17) is 5.73 Å². The van der Waals surface area contributed by atoms with Gasteiger partial charge >= 0.3 is 0 Å². The third-order valence-electron chi connectivity index (χ3n) is 7.52. The van der Waals surface area contributed by atoms with Gasteiger partial charge in [-0.2, -0.15) is 0 Å². The van der Waals surface area contributed by atoms with E-state index in [9.17, 15) is 4.79 Å². The first-order valence-electron chi connectivity index (χ1n) is 12.6. The first-order valence-corrected chi connectivity index (χ1v) is 12.6. The van der Waals surface area contributed by atoms with Crippen molar-refractivity contribution in [3.63, 3.8) is 0 Å². The maximum absolute atomic E-state index is 12.4. The molecule has 1 saturated heterocycles. The van der Waals surface area contributed by atoms with Gasteiger partial charge in [0.25, 0.3) is 0 Å². The van der Waals surface area contributed by atoms with Crippen molar-refractivity contribution < 1.29 is 4.79 Å². The van der Waals surface area contributed by atoms with Crippen LogP contribution in [0.4, 0.5) is 0 Å². The van der Waals surface area contributed by atoms with Gasteiger partial charge in [-0.3, -0.25) is 4.79 Å². The van der Waals surface area contributed by atoms with E-state index in [2.05, 4.69) is 78.6 Å². The van der Waals surface area contributed by atoms with Gasteiger partial charge in [0.2, 0.25) is 5.91 Å². The second-order valence-electron chi connectivity index (χ2n) is 9.80. The average molecular weight is 579 g/mol. The molecule has 1 atom stereocenters. The molecule has 35 heavy (non-hydrogen) atoms. The van der Waals surface area contributed by atoms with Crippen molar-refractivity contribution in [2.45, 2.75) is 51.5 Å². The topological polar surface area (TPSA) is 46.3 Å². The molecule has 0 aromatic heterocycles. The van der Waals surface area contributed by atoms with Gasteiger partial charge in [-0.15, -0.1) is 24.0 Å². The quantitative estimate of drug-likeness (QED) is 0.334. The minimum absolute atomic E-state index is 0. The first-order chi connectivity index (χ1) is 16.6. The molecule has 3 aromatic carbocycles. The van der Waals surface area contributed by atoms with Crippen LogP contribution < -0.4 is 5.73 Å². The number of primary amides is 1. The van der Waals surface area contributed by atoms with Crippen LogP contribution in [0.5, 0.6) is 0 Å². The molecule has 5 rings (SSSR count). The molecule has 1 fully saturated rings. The van der Waals surface area contributed by atoms with E-state index in [0.29, 0.717) is 12.5 Å². The minimum atomic E-state index is -0.312. The van der Waals surface area contributed by atoms with Crippen molar-refractivity contribution in [2.24, 2.45) is 5.73 Å². The number of likely N-dealkylation sites (tertiary alicyclic amines) is 1. The van der Waals surface area contributed by atoms with Crippen LogP contribution in [0.15, 0.2) is 78.4 Å². The highest BCUT2D eigenvalue weighted by Gasteiger charge is 2.24. The number of halogens is 1. The number of carbonyl (C=O) groups is 1. The maximum atomic E-state index is 12.4. The number of fused-ring (bicyclic) bond motifs is 1. The van der Waals surface area contributed by atoms with Gasteiger partial charge < -0.3 is 10.6 Å². The van der Waals surface area contributed by atoms with Crippen molar-refractivity contribution in [3.05, 3.63) is 101 Å². The predicted octanol–water partition coefficient (Wildman–Crippen LogP) is 6.62. The lowest BCUT2D eigenvalue weighted by Gasteiger charge is -2.32. The molecule has 0 bridgehead atoms. The smallest absolute Gasteiger partial charge is 0.245 e. The fourth-order valence-corrected chi connectivity index (χ4v) is 5.60. The summed E-state index contributed by atoms with van der Waals surface area (Å²) in [7, 11) is 0. The Balaban J connectivity index is 0.00000289. The number of amides is 1. The zero-order valence-electron chi connectivity index (χ0n) is 20.5. The van der Waals surface area contributed by atoms with Crippen molar-refractivity contribution in [3.8, 4) is 11.1 Å². The van der Waals surface area contributed by atoms with Crippen molar-refractivity contribution in [1.82, 2.24) is 4.90 Å². The normalized spacial score (nSPS) is 16.8. The molecule has 0 radical (unpaired) electrons. The van der Waals surface area contributed by atoms with Gasteiger partial charge in [-0.25, -0.2) is 0 Å². The Morgan fingerprint density at radius 1 is 0.857 bits per heavy atom. The number of carbonyl (C=O) groups excluding carboxylic acids is 1. The van der Waals surface area contributed by atoms with Crippen molar-refractivity contribution in [2.75, 3.05) is 13.1 Å². The molecule has 1 aliphatic carbocycles. The van der Waals surface area contributed by atoms with Crippen LogP contribution >= 0.6 is 24.0 Å². The molecule has 0 spiro atoms. The zero-order valence-corrected chi connectivity index (χ0v) is 22.8. The summed E-state index contributed by atoms with van der Waals surface area (Å²) in [5, 5.41) is 0. The van der Waals surface area contributed by atoms with Crippen molar-refractivity contribution in [1.29, 1.82) is 0 Å². The molecule has 2 N–H and O–H groups in total. The molecular weight excluding hydrogens is 543 g/mol. The van der Waals surface area contributed by atoms with E-state index >= 15 is 0 Å². The lowest BCUT2D eigenvalue weighted by atomic mass is 9.80. The molecule has 4 heteroatoms. The predicted molar refractivity (Wildman–Crippen MR) is 156 cm³/mol. The van der Waals surface area contributed by atoms with Crippen molar-refractivity contribution >= 4 is 35.5 Å². The summed E-state index contributed by atoms with van der Waals surface area (Å²) in [5.74, 6) is -0.312. The summed E-state index contributed by atoms with van der Waals surface area (Å²) < 4.78 is 0. The van der Waals surface area contributed by atoms with Crippen LogP contribution in [0.3, 0.4) is 0 Å². The molecule has 2 aliphatic rings. The van der Waals surface area contributed by atoms with Gasteiger partial charge in [-0.1, -0.05) is 73.2 Å². The summed E-state index contributed by atoms with van der Waals surface area (Å²) >= 11 is 0. The molecule has 1 amide bonds. The van der Waals surface area contributed by atoms with Gasteiger partial charge in [0, 0.05) is 11.6 Å². The second-order valence-corrected chi connectivity index (χ2v) is 9.80. The average Bonchev–Trinajstić information content (AvgIpc) is 2.89. The van der Waals surface area contributed by atoms with E-state index in [-0.39, 0.29) is 29.9 Å². The van der Waals surface area contributed by atoms with Gasteiger partial charge in [0.05, 0.1) is 0 Å². The SMILES string of the molecule is CC(Cc1ccc(C2=C(C(N)=O)CCc3ccc(-c4ccccc4)cc32)cc1)N1CCCCC1.I. The molecule has 1 unspecified atom stereocenters. The number of hydrogen-bond donors (Lipinski definition) is 1. The van der Waals surface area contributed by atoms with Crippen LogP contribution in [0.2, 0.25) is 0 Å². The van der Waals surface area contributed by atoms with Gasteiger partial charge in [-0.05, 0) is 97.1 Å². The Kier molecular flexibility index (Phi) is 8.45. The summed E-state index contributed by atoms with van der Waals surface area (Å²) in [6.07, 6.45) is 6.59. The minimum Gasteiger partial charge on any atom is -0.366 e. The summed E-state index contributed by atoms with van der Waals surface area (Å²) in [6, 6.07) is 26.4. The Hall–Kier alpha value is -2.44. The van der Waals surface area contributed by atoms with E-state index in [1.165, 1.54) is 49.0 Å². The van der Waals surface area contributed by atoms with Crippen LogP contribution in [-0.4, -0.2) is 29.9 Å². The standard InChI is InChI=1S/C31H34N2O.HI/c1-22(33-18-6-3-7-19-33)20-23-10-12-26(13-11-23)30-28(31(32)34)17-16-25-14-15-27(21-29(25)30)24-8-4-2-5-9-24;/h2,4-5,8-15,21-22H,3,6-7,16-20H2,1H3,(H2,32,34);1H. The molecule has 3 aromatic rings. The number of nitrogens with zero attached hydrogens (tertiary/aromatic N) is 1. The van der Waals surface area contributed by atoms with E-state index in [1.807, 2.05) is 6.07 Å². The largest absolute Gasteiger partial charge is 0.366 e. The highest BCUT2D eigenvalue weighted by Crippen LogP contribution is 2.38. The van der Waals surface area contributed by atoms with Gasteiger partial charge in [0.15, 0.2) is 0 Å². The highest BCUT2D eigenvalue weighted by atomic mass is 127. The lowest BCUT2D eigenvalue weighted by molar-refractivity contribution is -0.114. The summed E-state index contributed by atoms with van der Waals surface area (Å²) in [6.45, 7) is 4.78. The maximum Gasteiger partial charge on any atom is 0.245 e. The monoisotopic (exact) mass is 578 g/mol. The zero-order chi connectivity index (χ0) is 23.5. The molecular formula is C31H35IN2O. The molecule has 3 nitrogen and oxygen atoms in total. The number of hydrogen-bond acceptors (Lipinski definition) is 2. The van der Waals surface area contributed by atoms with E-state index in [0.717, 1.165) is 40.7 Å². The fourth-order valence-electron chi connectivity index (χ4n) is 5.60. The van der Waals surface area contributed by atoms with Gasteiger partial charge in [0.1, 0.15) is 0 Å². The first kappa shape index (κ1) is 25.6. The number of aryl methyl sites for hydroxylation is 1.